The molecule has 0 radical (unpaired) electrons. The van der Waals surface area contributed by atoms with Gasteiger partial charge in [-0.05, 0) is 19.3 Å². The zero-order valence-corrected chi connectivity index (χ0v) is 19.3. The Hall–Kier alpha value is -0.380. The Balaban J connectivity index is 0.00000576. The van der Waals surface area contributed by atoms with Gasteiger partial charge in [0.1, 0.15) is 0 Å². The number of aliphatic imine (C=N–C) groups is 1. The standard InChI is InChI=1S/C17H34N4O2S.HI/c1-6-24(23)14-9-7-8-13(12-14)21-16(18-5)20-11-10-19-15(22)17(2,3)4;/h13-14H,6-12H2,1-5H3,(H,19,22)(H2,18,20,21);1H. The monoisotopic (exact) mass is 486 g/mol. The molecule has 148 valence electrons. The number of halogens is 1. The number of guanidine groups is 1. The van der Waals surface area contributed by atoms with Crippen molar-refractivity contribution in [3.8, 4) is 0 Å². The van der Waals surface area contributed by atoms with Gasteiger partial charge >= 0.3 is 0 Å². The Morgan fingerprint density at radius 2 is 1.84 bits per heavy atom. The van der Waals surface area contributed by atoms with Crippen molar-refractivity contribution in [3.63, 3.8) is 0 Å². The molecule has 1 aliphatic carbocycles. The summed E-state index contributed by atoms with van der Waals surface area (Å²) in [7, 11) is 1.02. The summed E-state index contributed by atoms with van der Waals surface area (Å²) in [5.41, 5.74) is -0.369. The molecule has 0 bridgehead atoms. The topological polar surface area (TPSA) is 82.6 Å². The Morgan fingerprint density at radius 3 is 2.40 bits per heavy atom. The number of hydrogen-bond acceptors (Lipinski definition) is 3. The van der Waals surface area contributed by atoms with E-state index in [-0.39, 0.29) is 35.3 Å². The fraction of sp³-hybridized carbons (Fsp3) is 0.882. The van der Waals surface area contributed by atoms with Crippen LogP contribution in [0.1, 0.15) is 53.4 Å². The Kier molecular flexibility index (Phi) is 11.9. The summed E-state index contributed by atoms with van der Waals surface area (Å²) in [6.45, 7) is 8.87. The predicted octanol–water partition coefficient (Wildman–Crippen LogP) is 2.01. The van der Waals surface area contributed by atoms with Crippen LogP contribution in [0.25, 0.3) is 0 Å². The summed E-state index contributed by atoms with van der Waals surface area (Å²) in [5, 5.41) is 9.86. The van der Waals surface area contributed by atoms with Gasteiger partial charge in [-0.3, -0.25) is 14.0 Å². The van der Waals surface area contributed by atoms with Crippen molar-refractivity contribution >= 4 is 46.6 Å². The number of nitrogens with one attached hydrogen (secondary N) is 3. The highest BCUT2D eigenvalue weighted by atomic mass is 127. The lowest BCUT2D eigenvalue weighted by Crippen LogP contribution is -2.48. The SMILES string of the molecule is CCS(=O)C1CCCC(NC(=NC)NCCNC(=O)C(C)(C)C)C1.I. The minimum Gasteiger partial charge on any atom is -0.355 e. The molecule has 0 aromatic rings. The lowest BCUT2D eigenvalue weighted by molar-refractivity contribution is -0.128. The number of rotatable bonds is 6. The number of hydrogen-bond donors (Lipinski definition) is 3. The van der Waals surface area contributed by atoms with Crippen LogP contribution in [0.3, 0.4) is 0 Å². The van der Waals surface area contributed by atoms with Crippen LogP contribution in [-0.4, -0.2) is 53.3 Å². The second-order valence-corrected chi connectivity index (χ2v) is 9.31. The number of carbonyl (C=O) groups excluding carboxylic acids is 1. The summed E-state index contributed by atoms with van der Waals surface area (Å²) in [5.74, 6) is 1.52. The molecule has 0 heterocycles. The van der Waals surface area contributed by atoms with E-state index < -0.39 is 10.8 Å². The first-order chi connectivity index (χ1) is 11.3. The maximum atomic E-state index is 12.0. The van der Waals surface area contributed by atoms with E-state index in [1.165, 1.54) is 0 Å². The normalized spacial score (nSPS) is 22.5. The molecular weight excluding hydrogens is 451 g/mol. The molecule has 0 aromatic heterocycles. The molecule has 1 rings (SSSR count). The second-order valence-electron chi connectivity index (χ2n) is 7.30. The zero-order chi connectivity index (χ0) is 18.2. The van der Waals surface area contributed by atoms with Gasteiger partial charge in [-0.15, -0.1) is 24.0 Å². The second kappa shape index (κ2) is 12.1. The Labute approximate surface area is 172 Å². The van der Waals surface area contributed by atoms with Gasteiger partial charge in [0.15, 0.2) is 5.96 Å². The fourth-order valence-electron chi connectivity index (χ4n) is 2.76. The summed E-state index contributed by atoms with van der Waals surface area (Å²) in [4.78, 5) is 16.1. The number of carbonyl (C=O) groups is 1. The van der Waals surface area contributed by atoms with Crippen molar-refractivity contribution in [1.82, 2.24) is 16.0 Å². The van der Waals surface area contributed by atoms with Crippen molar-refractivity contribution in [3.05, 3.63) is 0 Å². The van der Waals surface area contributed by atoms with E-state index in [9.17, 15) is 9.00 Å². The first-order valence-electron chi connectivity index (χ1n) is 8.90. The van der Waals surface area contributed by atoms with Gasteiger partial charge in [0.25, 0.3) is 0 Å². The van der Waals surface area contributed by atoms with E-state index in [0.29, 0.717) is 24.4 Å². The lowest BCUT2D eigenvalue weighted by atomic mass is 9.95. The van der Waals surface area contributed by atoms with Crippen LogP contribution in [0, 0.1) is 5.41 Å². The van der Waals surface area contributed by atoms with Crippen molar-refractivity contribution in [2.24, 2.45) is 10.4 Å². The van der Waals surface area contributed by atoms with E-state index in [2.05, 4.69) is 20.9 Å². The van der Waals surface area contributed by atoms with Crippen LogP contribution in [0.15, 0.2) is 4.99 Å². The zero-order valence-electron chi connectivity index (χ0n) is 16.2. The molecule has 1 amide bonds. The minimum atomic E-state index is -0.719. The maximum Gasteiger partial charge on any atom is 0.225 e. The third-order valence-electron chi connectivity index (χ3n) is 4.23. The molecule has 0 aromatic carbocycles. The molecule has 0 aliphatic heterocycles. The summed E-state index contributed by atoms with van der Waals surface area (Å²) < 4.78 is 12.0. The third kappa shape index (κ3) is 9.21. The molecule has 25 heavy (non-hydrogen) atoms. The van der Waals surface area contributed by atoms with Gasteiger partial charge in [-0.25, -0.2) is 0 Å². The number of amides is 1. The van der Waals surface area contributed by atoms with E-state index in [0.717, 1.165) is 37.4 Å². The van der Waals surface area contributed by atoms with Crippen LogP contribution >= 0.6 is 24.0 Å². The van der Waals surface area contributed by atoms with Crippen molar-refractivity contribution < 1.29 is 9.00 Å². The van der Waals surface area contributed by atoms with Crippen LogP contribution in [0.2, 0.25) is 0 Å². The summed E-state index contributed by atoms with van der Waals surface area (Å²) in [6, 6.07) is 0.314. The van der Waals surface area contributed by atoms with E-state index in [1.54, 1.807) is 7.05 Å². The van der Waals surface area contributed by atoms with Crippen LogP contribution < -0.4 is 16.0 Å². The summed E-state index contributed by atoms with van der Waals surface area (Å²) in [6.07, 6.45) is 4.18. The molecule has 8 heteroatoms. The maximum absolute atomic E-state index is 12.0. The molecule has 1 fully saturated rings. The van der Waals surface area contributed by atoms with Crippen LogP contribution in [0.4, 0.5) is 0 Å². The van der Waals surface area contributed by atoms with E-state index in [1.807, 2.05) is 27.7 Å². The average Bonchev–Trinajstić information content (AvgIpc) is 2.55. The van der Waals surface area contributed by atoms with Crippen molar-refractivity contribution in [1.29, 1.82) is 0 Å². The average molecular weight is 486 g/mol. The molecule has 6 nitrogen and oxygen atoms in total. The highest BCUT2D eigenvalue weighted by Crippen LogP contribution is 2.22. The molecule has 0 spiro atoms. The van der Waals surface area contributed by atoms with Gasteiger partial charge in [-0.1, -0.05) is 34.1 Å². The van der Waals surface area contributed by atoms with E-state index in [4.69, 9.17) is 0 Å². The molecule has 0 saturated heterocycles. The number of nitrogens with zero attached hydrogens (tertiary/aromatic N) is 1. The third-order valence-corrected chi connectivity index (χ3v) is 5.97. The largest absolute Gasteiger partial charge is 0.355 e. The van der Waals surface area contributed by atoms with Gasteiger partial charge in [0.05, 0.1) is 0 Å². The lowest BCUT2D eigenvalue weighted by Gasteiger charge is -2.30. The minimum absolute atomic E-state index is 0. The van der Waals surface area contributed by atoms with Gasteiger partial charge in [0, 0.05) is 53.4 Å². The van der Waals surface area contributed by atoms with Gasteiger partial charge < -0.3 is 16.0 Å². The quantitative estimate of drug-likeness (QED) is 0.232. The fourth-order valence-corrected chi connectivity index (χ4v) is 4.11. The van der Waals surface area contributed by atoms with Crippen LogP contribution in [-0.2, 0) is 15.6 Å². The molecule has 3 atom stereocenters. The first-order valence-corrected chi connectivity index (χ1v) is 10.3. The molecular formula is C17H35IN4O2S. The van der Waals surface area contributed by atoms with Crippen molar-refractivity contribution in [2.75, 3.05) is 25.9 Å². The first kappa shape index (κ1) is 24.6. The molecule has 1 aliphatic rings. The van der Waals surface area contributed by atoms with Crippen molar-refractivity contribution in [2.45, 2.75) is 64.7 Å². The Bertz CT molecular complexity index is 466. The predicted molar refractivity (Wildman–Crippen MR) is 117 cm³/mol. The highest BCUT2D eigenvalue weighted by Gasteiger charge is 2.26. The van der Waals surface area contributed by atoms with Gasteiger partial charge in [0.2, 0.25) is 5.91 Å². The van der Waals surface area contributed by atoms with E-state index >= 15 is 0 Å². The molecule has 3 unspecified atom stereocenters. The van der Waals surface area contributed by atoms with Crippen LogP contribution in [0.5, 0.6) is 0 Å². The molecule has 3 N–H and O–H groups in total. The smallest absolute Gasteiger partial charge is 0.225 e. The van der Waals surface area contributed by atoms with Gasteiger partial charge in [-0.2, -0.15) is 0 Å². The summed E-state index contributed by atoms with van der Waals surface area (Å²) >= 11 is 0. The highest BCUT2D eigenvalue weighted by molar-refractivity contribution is 14.0. The molecule has 1 saturated carbocycles. The Morgan fingerprint density at radius 1 is 1.20 bits per heavy atom.